The zero-order valence-electron chi connectivity index (χ0n) is 15.5. The fourth-order valence-electron chi connectivity index (χ4n) is 2.29. The summed E-state index contributed by atoms with van der Waals surface area (Å²) in [7, 11) is 0. The fourth-order valence-corrected chi connectivity index (χ4v) is 2.93. The molecule has 0 bridgehead atoms. The Labute approximate surface area is 157 Å². The van der Waals surface area contributed by atoms with Crippen LogP contribution in [0.3, 0.4) is 0 Å². The van der Waals surface area contributed by atoms with Gasteiger partial charge in [-0.1, -0.05) is 19.9 Å². The summed E-state index contributed by atoms with van der Waals surface area (Å²) in [6, 6.07) is 3.82. The number of carbonyl (C=O) groups excluding carboxylic acids is 2. The summed E-state index contributed by atoms with van der Waals surface area (Å²) in [5.41, 5.74) is -0.581. The maximum atomic E-state index is 12.7. The van der Waals surface area contributed by atoms with Crippen molar-refractivity contribution in [2.24, 2.45) is 5.92 Å². The minimum absolute atomic E-state index is 0.0103. The van der Waals surface area contributed by atoms with Crippen molar-refractivity contribution in [3.8, 4) is 0 Å². The number of nitrogens with one attached hydrogen (secondary N) is 2. The topological polar surface area (TPSA) is 80.2 Å². The van der Waals surface area contributed by atoms with Gasteiger partial charge in [-0.2, -0.15) is 0 Å². The standard InChI is InChI=1S/C19H25N3O3S/c1-12(2)8-20-18(24)15-10-22(13(3)4)11-16(17(15)23)19(25)21-9-14-6-5-7-26-14/h5-7,10-13H,8-9H2,1-4H3,(H,20,24)(H,21,25). The van der Waals surface area contributed by atoms with Crippen LogP contribution in [0.15, 0.2) is 34.7 Å². The summed E-state index contributed by atoms with van der Waals surface area (Å²) in [4.78, 5) is 38.6. The number of hydrogen-bond acceptors (Lipinski definition) is 4. The molecule has 0 aliphatic carbocycles. The zero-order chi connectivity index (χ0) is 19.3. The van der Waals surface area contributed by atoms with E-state index in [9.17, 15) is 14.4 Å². The van der Waals surface area contributed by atoms with Gasteiger partial charge < -0.3 is 15.2 Å². The van der Waals surface area contributed by atoms with Gasteiger partial charge in [-0.25, -0.2) is 0 Å². The van der Waals surface area contributed by atoms with Crippen LogP contribution >= 0.6 is 11.3 Å². The van der Waals surface area contributed by atoms with Gasteiger partial charge in [-0.3, -0.25) is 14.4 Å². The molecule has 140 valence electrons. The molecule has 0 saturated heterocycles. The van der Waals surface area contributed by atoms with Crippen molar-refractivity contribution >= 4 is 23.2 Å². The van der Waals surface area contributed by atoms with Crippen LogP contribution in [0.4, 0.5) is 0 Å². The first-order valence-electron chi connectivity index (χ1n) is 8.64. The van der Waals surface area contributed by atoms with Gasteiger partial charge in [0.2, 0.25) is 5.43 Å². The molecular formula is C19H25N3O3S. The minimum atomic E-state index is -0.549. The van der Waals surface area contributed by atoms with E-state index in [0.717, 1.165) is 4.88 Å². The van der Waals surface area contributed by atoms with Crippen LogP contribution in [0, 0.1) is 5.92 Å². The van der Waals surface area contributed by atoms with Crippen molar-refractivity contribution in [3.05, 3.63) is 56.1 Å². The van der Waals surface area contributed by atoms with Crippen LogP contribution in [-0.4, -0.2) is 22.9 Å². The predicted octanol–water partition coefficient (Wildman–Crippen LogP) is 2.81. The van der Waals surface area contributed by atoms with Gasteiger partial charge in [0.1, 0.15) is 11.1 Å². The van der Waals surface area contributed by atoms with Crippen LogP contribution in [0.1, 0.15) is 59.3 Å². The molecule has 0 aliphatic heterocycles. The summed E-state index contributed by atoms with van der Waals surface area (Å²) in [6.45, 7) is 8.61. The normalized spacial score (nSPS) is 11.0. The summed E-state index contributed by atoms with van der Waals surface area (Å²) in [5, 5.41) is 7.42. The molecule has 6 nitrogen and oxygen atoms in total. The largest absolute Gasteiger partial charge is 0.352 e. The SMILES string of the molecule is CC(C)CNC(=O)c1cn(C(C)C)cc(C(=O)NCc2cccs2)c1=O. The zero-order valence-corrected chi connectivity index (χ0v) is 16.4. The second-order valence-electron chi connectivity index (χ2n) is 6.82. The Bertz CT molecular complexity index is 823. The Morgan fingerprint density at radius 3 is 2.19 bits per heavy atom. The lowest BCUT2D eigenvalue weighted by Crippen LogP contribution is -2.36. The first-order chi connectivity index (χ1) is 12.3. The molecule has 0 radical (unpaired) electrons. The smallest absolute Gasteiger partial charge is 0.257 e. The van der Waals surface area contributed by atoms with Crippen molar-refractivity contribution in [1.29, 1.82) is 0 Å². The molecule has 0 spiro atoms. The minimum Gasteiger partial charge on any atom is -0.352 e. The van der Waals surface area contributed by atoms with E-state index >= 15 is 0 Å². The van der Waals surface area contributed by atoms with Gasteiger partial charge >= 0.3 is 0 Å². The molecule has 2 aromatic rings. The highest BCUT2D eigenvalue weighted by Crippen LogP contribution is 2.10. The van der Waals surface area contributed by atoms with Gasteiger partial charge in [0, 0.05) is 29.9 Å². The van der Waals surface area contributed by atoms with Crippen molar-refractivity contribution in [2.45, 2.75) is 40.3 Å². The molecule has 2 rings (SSSR count). The Morgan fingerprint density at radius 1 is 1.08 bits per heavy atom. The van der Waals surface area contributed by atoms with Crippen LogP contribution in [0.2, 0.25) is 0 Å². The first-order valence-corrected chi connectivity index (χ1v) is 9.52. The molecule has 0 aromatic carbocycles. The molecule has 0 unspecified atom stereocenters. The summed E-state index contributed by atoms with van der Waals surface area (Å²) < 4.78 is 1.71. The fraction of sp³-hybridized carbons (Fsp3) is 0.421. The average Bonchev–Trinajstić information content (AvgIpc) is 3.11. The monoisotopic (exact) mass is 375 g/mol. The molecule has 2 N–H and O–H groups in total. The van der Waals surface area contributed by atoms with E-state index < -0.39 is 17.2 Å². The Kier molecular flexibility index (Phi) is 6.74. The summed E-state index contributed by atoms with van der Waals surface area (Å²) in [5.74, 6) is -0.661. The highest BCUT2D eigenvalue weighted by molar-refractivity contribution is 7.09. The highest BCUT2D eigenvalue weighted by atomic mass is 32.1. The molecule has 0 aliphatic rings. The summed E-state index contributed by atoms with van der Waals surface area (Å²) in [6.07, 6.45) is 3.02. The quantitative estimate of drug-likeness (QED) is 0.781. The van der Waals surface area contributed by atoms with Crippen molar-refractivity contribution < 1.29 is 9.59 Å². The average molecular weight is 375 g/mol. The third-order valence-corrected chi connectivity index (χ3v) is 4.68. The van der Waals surface area contributed by atoms with E-state index in [4.69, 9.17) is 0 Å². The van der Waals surface area contributed by atoms with E-state index in [0.29, 0.717) is 13.1 Å². The molecule has 2 heterocycles. The number of thiophene rings is 1. The second-order valence-corrected chi connectivity index (χ2v) is 7.85. The number of pyridine rings is 1. The Balaban J connectivity index is 2.30. The molecule has 2 aromatic heterocycles. The number of nitrogens with zero attached hydrogens (tertiary/aromatic N) is 1. The molecule has 2 amide bonds. The number of hydrogen-bond donors (Lipinski definition) is 2. The van der Waals surface area contributed by atoms with Crippen LogP contribution in [-0.2, 0) is 6.54 Å². The molecule has 0 atom stereocenters. The van der Waals surface area contributed by atoms with E-state index in [-0.39, 0.29) is 23.1 Å². The molecule has 7 heteroatoms. The van der Waals surface area contributed by atoms with Crippen LogP contribution in [0.25, 0.3) is 0 Å². The maximum Gasteiger partial charge on any atom is 0.257 e. The van der Waals surface area contributed by atoms with Gasteiger partial charge in [0.15, 0.2) is 0 Å². The summed E-state index contributed by atoms with van der Waals surface area (Å²) >= 11 is 1.53. The van der Waals surface area contributed by atoms with Crippen molar-refractivity contribution in [2.75, 3.05) is 6.54 Å². The molecule has 26 heavy (non-hydrogen) atoms. The van der Waals surface area contributed by atoms with E-state index in [1.54, 1.807) is 4.57 Å². The van der Waals surface area contributed by atoms with Crippen molar-refractivity contribution in [3.63, 3.8) is 0 Å². The Hall–Kier alpha value is -2.41. The van der Waals surface area contributed by atoms with E-state index in [1.165, 1.54) is 23.7 Å². The lowest BCUT2D eigenvalue weighted by Gasteiger charge is -2.15. The molecule has 0 fully saturated rings. The van der Waals surface area contributed by atoms with Crippen LogP contribution < -0.4 is 16.1 Å². The maximum absolute atomic E-state index is 12.7. The number of carbonyl (C=O) groups is 2. The van der Waals surface area contributed by atoms with Crippen LogP contribution in [0.5, 0.6) is 0 Å². The third-order valence-electron chi connectivity index (χ3n) is 3.81. The molecule has 0 saturated carbocycles. The van der Waals surface area contributed by atoms with Crippen molar-refractivity contribution in [1.82, 2.24) is 15.2 Å². The van der Waals surface area contributed by atoms with E-state index in [2.05, 4.69) is 10.6 Å². The number of amides is 2. The lowest BCUT2D eigenvalue weighted by molar-refractivity contribution is 0.0946. The predicted molar refractivity (Wildman–Crippen MR) is 104 cm³/mol. The molecular weight excluding hydrogens is 350 g/mol. The Morgan fingerprint density at radius 2 is 1.69 bits per heavy atom. The number of rotatable bonds is 7. The van der Waals surface area contributed by atoms with Gasteiger partial charge in [0.25, 0.3) is 11.8 Å². The third kappa shape index (κ3) is 5.05. The number of aromatic nitrogens is 1. The second kappa shape index (κ2) is 8.80. The van der Waals surface area contributed by atoms with E-state index in [1.807, 2.05) is 45.2 Å². The lowest BCUT2D eigenvalue weighted by atomic mass is 10.1. The van der Waals surface area contributed by atoms with Gasteiger partial charge in [-0.05, 0) is 31.2 Å². The highest BCUT2D eigenvalue weighted by Gasteiger charge is 2.20. The van der Waals surface area contributed by atoms with Gasteiger partial charge in [0.05, 0.1) is 6.54 Å². The first kappa shape index (κ1) is 19.9. The van der Waals surface area contributed by atoms with Gasteiger partial charge in [-0.15, -0.1) is 11.3 Å².